The van der Waals surface area contributed by atoms with Crippen LogP contribution in [0.1, 0.15) is 11.1 Å². The molecule has 0 atom stereocenters. The van der Waals surface area contributed by atoms with Crippen LogP contribution in [0.3, 0.4) is 0 Å². The summed E-state index contributed by atoms with van der Waals surface area (Å²) in [5.41, 5.74) is 10.9. The first kappa shape index (κ1) is 11.8. The lowest BCUT2D eigenvalue weighted by Crippen LogP contribution is -1.97. The second-order valence-corrected chi connectivity index (χ2v) is 4.61. The minimum absolute atomic E-state index is 0.647. The fourth-order valence-corrected chi connectivity index (χ4v) is 1.93. The SMILES string of the molecule is Cc1ccc(Nc2ccc(Cl)cc2N)c(C)c1. The van der Waals surface area contributed by atoms with Crippen molar-refractivity contribution >= 4 is 28.7 Å². The molecule has 3 heteroatoms. The van der Waals surface area contributed by atoms with Crippen LogP contribution in [0.2, 0.25) is 5.02 Å². The third-order valence-electron chi connectivity index (χ3n) is 2.66. The summed E-state index contributed by atoms with van der Waals surface area (Å²) >= 11 is 5.86. The average molecular weight is 247 g/mol. The second-order valence-electron chi connectivity index (χ2n) is 4.17. The van der Waals surface area contributed by atoms with Crippen molar-refractivity contribution in [2.45, 2.75) is 13.8 Å². The first-order valence-corrected chi connectivity index (χ1v) is 5.83. The second kappa shape index (κ2) is 4.68. The quantitative estimate of drug-likeness (QED) is 0.776. The van der Waals surface area contributed by atoms with Crippen molar-refractivity contribution in [2.75, 3.05) is 11.1 Å². The third-order valence-corrected chi connectivity index (χ3v) is 2.90. The molecule has 0 amide bonds. The fourth-order valence-electron chi connectivity index (χ4n) is 1.75. The fraction of sp³-hybridized carbons (Fsp3) is 0.143. The summed E-state index contributed by atoms with van der Waals surface area (Å²) in [6, 6.07) is 11.7. The molecule has 0 aromatic heterocycles. The Morgan fingerprint density at radius 3 is 2.35 bits per heavy atom. The molecule has 0 unspecified atom stereocenters. The number of hydrogen-bond acceptors (Lipinski definition) is 2. The standard InChI is InChI=1S/C14H15ClN2/c1-9-3-5-13(10(2)7-9)17-14-6-4-11(15)8-12(14)16/h3-8,17H,16H2,1-2H3. The maximum Gasteiger partial charge on any atom is 0.0619 e. The van der Waals surface area contributed by atoms with Gasteiger partial charge in [0.2, 0.25) is 0 Å². The Balaban J connectivity index is 2.31. The Kier molecular flexibility index (Phi) is 3.25. The predicted molar refractivity (Wildman–Crippen MR) is 75.1 cm³/mol. The smallest absolute Gasteiger partial charge is 0.0619 e. The van der Waals surface area contributed by atoms with Gasteiger partial charge in [-0.3, -0.25) is 0 Å². The van der Waals surface area contributed by atoms with Crippen molar-refractivity contribution in [2.24, 2.45) is 0 Å². The van der Waals surface area contributed by atoms with Crippen LogP contribution in [-0.2, 0) is 0 Å². The summed E-state index contributed by atoms with van der Waals surface area (Å²) in [7, 11) is 0. The number of halogens is 1. The lowest BCUT2D eigenvalue weighted by Gasteiger charge is -2.12. The maximum absolute atomic E-state index is 5.90. The summed E-state index contributed by atoms with van der Waals surface area (Å²) in [4.78, 5) is 0. The van der Waals surface area contributed by atoms with E-state index in [0.717, 1.165) is 11.4 Å². The number of benzene rings is 2. The van der Waals surface area contributed by atoms with Crippen molar-refractivity contribution in [3.8, 4) is 0 Å². The van der Waals surface area contributed by atoms with E-state index in [-0.39, 0.29) is 0 Å². The molecular formula is C14H15ClN2. The number of nitrogens with one attached hydrogen (secondary N) is 1. The molecule has 3 N–H and O–H groups in total. The highest BCUT2D eigenvalue weighted by molar-refractivity contribution is 6.31. The van der Waals surface area contributed by atoms with Gasteiger partial charge in [0.1, 0.15) is 0 Å². The minimum atomic E-state index is 0.647. The molecule has 0 heterocycles. The molecule has 0 spiro atoms. The summed E-state index contributed by atoms with van der Waals surface area (Å²) in [6.07, 6.45) is 0. The van der Waals surface area contributed by atoms with Crippen LogP contribution in [0, 0.1) is 13.8 Å². The number of rotatable bonds is 2. The Bertz CT molecular complexity index is 500. The molecule has 0 aliphatic carbocycles. The molecule has 0 bridgehead atoms. The van der Waals surface area contributed by atoms with Gasteiger partial charge < -0.3 is 11.1 Å². The third kappa shape index (κ3) is 2.71. The van der Waals surface area contributed by atoms with Gasteiger partial charge >= 0.3 is 0 Å². The van der Waals surface area contributed by atoms with Gasteiger partial charge in [-0.25, -0.2) is 0 Å². The molecule has 17 heavy (non-hydrogen) atoms. The average Bonchev–Trinajstić information content (AvgIpc) is 2.25. The van der Waals surface area contributed by atoms with Crippen molar-refractivity contribution in [3.05, 3.63) is 52.5 Å². The lowest BCUT2D eigenvalue weighted by molar-refractivity contribution is 1.37. The maximum atomic E-state index is 5.90. The Labute approximate surface area is 106 Å². The number of hydrogen-bond donors (Lipinski definition) is 2. The van der Waals surface area contributed by atoms with E-state index in [9.17, 15) is 0 Å². The largest absolute Gasteiger partial charge is 0.397 e. The zero-order chi connectivity index (χ0) is 12.4. The van der Waals surface area contributed by atoms with Crippen LogP contribution in [0.5, 0.6) is 0 Å². The van der Waals surface area contributed by atoms with E-state index in [1.165, 1.54) is 11.1 Å². The van der Waals surface area contributed by atoms with Gasteiger partial charge in [-0.15, -0.1) is 0 Å². The first-order chi connectivity index (χ1) is 8.06. The molecule has 0 saturated carbocycles. The highest BCUT2D eigenvalue weighted by Crippen LogP contribution is 2.27. The van der Waals surface area contributed by atoms with E-state index < -0.39 is 0 Å². The van der Waals surface area contributed by atoms with Gasteiger partial charge in [0.15, 0.2) is 0 Å². The van der Waals surface area contributed by atoms with Crippen LogP contribution < -0.4 is 11.1 Å². The monoisotopic (exact) mass is 246 g/mol. The van der Waals surface area contributed by atoms with Gasteiger partial charge in [0.25, 0.3) is 0 Å². The lowest BCUT2D eigenvalue weighted by atomic mass is 10.1. The van der Waals surface area contributed by atoms with Crippen molar-refractivity contribution in [3.63, 3.8) is 0 Å². The Morgan fingerprint density at radius 1 is 1.00 bits per heavy atom. The molecule has 88 valence electrons. The van der Waals surface area contributed by atoms with Crippen LogP contribution in [0.4, 0.5) is 17.1 Å². The van der Waals surface area contributed by atoms with E-state index in [4.69, 9.17) is 17.3 Å². The summed E-state index contributed by atoms with van der Waals surface area (Å²) in [5.74, 6) is 0. The Morgan fingerprint density at radius 2 is 1.71 bits per heavy atom. The van der Waals surface area contributed by atoms with Gasteiger partial charge in [0, 0.05) is 10.7 Å². The molecule has 0 aliphatic heterocycles. The van der Waals surface area contributed by atoms with E-state index in [0.29, 0.717) is 10.7 Å². The normalized spacial score (nSPS) is 10.3. The molecule has 0 saturated heterocycles. The molecule has 2 rings (SSSR count). The van der Waals surface area contributed by atoms with Crippen molar-refractivity contribution in [1.29, 1.82) is 0 Å². The van der Waals surface area contributed by atoms with Gasteiger partial charge in [-0.1, -0.05) is 29.3 Å². The topological polar surface area (TPSA) is 38.0 Å². The molecule has 2 nitrogen and oxygen atoms in total. The van der Waals surface area contributed by atoms with Gasteiger partial charge in [-0.2, -0.15) is 0 Å². The summed E-state index contributed by atoms with van der Waals surface area (Å²) < 4.78 is 0. The zero-order valence-corrected chi connectivity index (χ0v) is 10.7. The van der Waals surface area contributed by atoms with Crippen LogP contribution in [-0.4, -0.2) is 0 Å². The predicted octanol–water partition coefficient (Wildman–Crippen LogP) is 4.28. The first-order valence-electron chi connectivity index (χ1n) is 5.45. The van der Waals surface area contributed by atoms with E-state index in [2.05, 4.69) is 37.4 Å². The van der Waals surface area contributed by atoms with E-state index in [1.54, 1.807) is 6.07 Å². The van der Waals surface area contributed by atoms with Crippen molar-refractivity contribution in [1.82, 2.24) is 0 Å². The highest BCUT2D eigenvalue weighted by Gasteiger charge is 2.03. The molecule has 0 radical (unpaired) electrons. The van der Waals surface area contributed by atoms with Crippen LogP contribution in [0.25, 0.3) is 0 Å². The number of nitrogens with two attached hydrogens (primary N) is 1. The molecule has 0 aliphatic rings. The van der Waals surface area contributed by atoms with E-state index >= 15 is 0 Å². The number of anilines is 3. The van der Waals surface area contributed by atoms with E-state index in [1.807, 2.05) is 12.1 Å². The van der Waals surface area contributed by atoms with Gasteiger partial charge in [-0.05, 0) is 43.7 Å². The molecular weight excluding hydrogens is 232 g/mol. The van der Waals surface area contributed by atoms with Crippen molar-refractivity contribution < 1.29 is 0 Å². The summed E-state index contributed by atoms with van der Waals surface area (Å²) in [6.45, 7) is 4.15. The zero-order valence-electron chi connectivity index (χ0n) is 9.92. The van der Waals surface area contributed by atoms with Crippen LogP contribution in [0.15, 0.2) is 36.4 Å². The number of nitrogen functional groups attached to an aromatic ring is 1. The molecule has 2 aromatic rings. The highest BCUT2D eigenvalue weighted by atomic mass is 35.5. The molecule has 0 fully saturated rings. The minimum Gasteiger partial charge on any atom is -0.397 e. The van der Waals surface area contributed by atoms with Gasteiger partial charge in [0.05, 0.1) is 11.4 Å². The number of aryl methyl sites for hydroxylation is 2. The Hall–Kier alpha value is -1.67. The van der Waals surface area contributed by atoms with Crippen LogP contribution >= 0.6 is 11.6 Å². The summed E-state index contributed by atoms with van der Waals surface area (Å²) in [5, 5.41) is 3.96. The molecule has 2 aromatic carbocycles.